The summed E-state index contributed by atoms with van der Waals surface area (Å²) in [4.78, 5) is 10.7. The highest BCUT2D eigenvalue weighted by molar-refractivity contribution is 5.94. The molecular formula is C17H14F3NO2. The molecule has 0 heterocycles. The number of hydrogen-bond donors (Lipinski definition) is 1. The minimum absolute atomic E-state index is 0.424. The summed E-state index contributed by atoms with van der Waals surface area (Å²) in [5.74, 6) is -1.28. The third kappa shape index (κ3) is 5.50. The molecule has 0 aliphatic carbocycles. The molecule has 0 bridgehead atoms. The average Bonchev–Trinajstić information content (AvgIpc) is 2.54. The highest BCUT2D eigenvalue weighted by Crippen LogP contribution is 2.18. The molecule has 0 saturated carbocycles. The van der Waals surface area contributed by atoms with Crippen LogP contribution in [0.2, 0.25) is 0 Å². The van der Waals surface area contributed by atoms with Crippen molar-refractivity contribution in [2.45, 2.75) is 12.8 Å². The first-order valence-electron chi connectivity index (χ1n) is 6.76. The molecule has 0 unspecified atom stereocenters. The van der Waals surface area contributed by atoms with Gasteiger partial charge in [0.15, 0.2) is 0 Å². The summed E-state index contributed by atoms with van der Waals surface area (Å²) >= 11 is 0. The SMILES string of the molecule is O=C(/C=C/Nc1ccc(OCc2ccccc2)cc1)C(F)(F)F. The number of allylic oxidation sites excluding steroid dienone is 1. The summed E-state index contributed by atoms with van der Waals surface area (Å²) in [5, 5.41) is 2.59. The molecular weight excluding hydrogens is 307 g/mol. The highest BCUT2D eigenvalue weighted by Gasteiger charge is 2.35. The zero-order chi connectivity index (χ0) is 16.7. The van der Waals surface area contributed by atoms with Crippen LogP contribution in [0.3, 0.4) is 0 Å². The number of nitrogens with one attached hydrogen (secondary N) is 1. The summed E-state index contributed by atoms with van der Waals surface area (Å²) in [7, 11) is 0. The number of benzene rings is 2. The van der Waals surface area contributed by atoms with Crippen molar-refractivity contribution >= 4 is 11.5 Å². The van der Waals surface area contributed by atoms with Crippen LogP contribution in [-0.2, 0) is 11.4 Å². The Morgan fingerprint density at radius 3 is 2.30 bits per heavy atom. The van der Waals surface area contributed by atoms with E-state index in [9.17, 15) is 18.0 Å². The summed E-state index contributed by atoms with van der Waals surface area (Å²) in [6.45, 7) is 0.424. The topological polar surface area (TPSA) is 38.3 Å². The third-order valence-corrected chi connectivity index (χ3v) is 2.87. The Balaban J connectivity index is 1.85. The van der Waals surface area contributed by atoms with Gasteiger partial charge in [0.25, 0.3) is 5.78 Å². The van der Waals surface area contributed by atoms with Crippen molar-refractivity contribution in [2.24, 2.45) is 0 Å². The summed E-state index contributed by atoms with van der Waals surface area (Å²) < 4.78 is 41.6. The number of alkyl halides is 3. The lowest BCUT2D eigenvalue weighted by atomic mass is 10.2. The maximum absolute atomic E-state index is 12.0. The van der Waals surface area contributed by atoms with E-state index in [1.807, 2.05) is 30.3 Å². The van der Waals surface area contributed by atoms with Crippen molar-refractivity contribution < 1.29 is 22.7 Å². The van der Waals surface area contributed by atoms with Crippen molar-refractivity contribution in [1.82, 2.24) is 0 Å². The van der Waals surface area contributed by atoms with Gasteiger partial charge in [-0.15, -0.1) is 0 Å². The number of hydrogen-bond acceptors (Lipinski definition) is 3. The van der Waals surface area contributed by atoms with Gasteiger partial charge in [0.1, 0.15) is 12.4 Å². The summed E-state index contributed by atoms with van der Waals surface area (Å²) in [5.41, 5.74) is 1.58. The molecule has 2 aromatic carbocycles. The zero-order valence-electron chi connectivity index (χ0n) is 12.0. The van der Waals surface area contributed by atoms with Gasteiger partial charge in [-0.2, -0.15) is 13.2 Å². The molecule has 0 atom stereocenters. The van der Waals surface area contributed by atoms with E-state index in [0.717, 1.165) is 11.8 Å². The largest absolute Gasteiger partial charge is 0.489 e. The van der Waals surface area contributed by atoms with Gasteiger partial charge in [0.2, 0.25) is 0 Å². The lowest BCUT2D eigenvalue weighted by Gasteiger charge is -2.07. The number of rotatable bonds is 6. The second-order valence-electron chi connectivity index (χ2n) is 4.64. The van der Waals surface area contributed by atoms with Gasteiger partial charge in [-0.05, 0) is 29.8 Å². The Morgan fingerprint density at radius 1 is 1.04 bits per heavy atom. The molecule has 0 amide bonds. The molecule has 23 heavy (non-hydrogen) atoms. The van der Waals surface area contributed by atoms with Gasteiger partial charge in [-0.1, -0.05) is 30.3 Å². The summed E-state index contributed by atoms with van der Waals surface area (Å²) in [6, 6.07) is 16.3. The van der Waals surface area contributed by atoms with Crippen LogP contribution >= 0.6 is 0 Å². The molecule has 120 valence electrons. The molecule has 0 aliphatic heterocycles. The van der Waals surface area contributed by atoms with Gasteiger partial charge in [-0.25, -0.2) is 0 Å². The van der Waals surface area contributed by atoms with Gasteiger partial charge in [0.05, 0.1) is 0 Å². The fraction of sp³-hybridized carbons (Fsp3) is 0.118. The van der Waals surface area contributed by atoms with Crippen LogP contribution in [0, 0.1) is 0 Å². The third-order valence-electron chi connectivity index (χ3n) is 2.87. The molecule has 6 heteroatoms. The first kappa shape index (κ1) is 16.6. The number of anilines is 1. The van der Waals surface area contributed by atoms with Gasteiger partial charge >= 0.3 is 6.18 Å². The van der Waals surface area contributed by atoms with E-state index >= 15 is 0 Å². The number of carbonyl (C=O) groups is 1. The Bertz CT molecular complexity index is 664. The molecule has 2 rings (SSSR count). The minimum Gasteiger partial charge on any atom is -0.489 e. The van der Waals surface area contributed by atoms with Crippen LogP contribution in [0.15, 0.2) is 66.9 Å². The molecule has 0 aromatic heterocycles. The van der Waals surface area contributed by atoms with E-state index in [-0.39, 0.29) is 0 Å². The highest BCUT2D eigenvalue weighted by atomic mass is 19.4. The molecule has 0 saturated heterocycles. The minimum atomic E-state index is -4.85. The van der Waals surface area contributed by atoms with Crippen LogP contribution in [0.1, 0.15) is 5.56 Å². The molecule has 0 radical (unpaired) electrons. The molecule has 0 fully saturated rings. The normalized spacial score (nSPS) is 11.4. The fourth-order valence-corrected chi connectivity index (χ4v) is 1.70. The Kier molecular flexibility index (Phi) is 5.41. The van der Waals surface area contributed by atoms with Gasteiger partial charge < -0.3 is 10.1 Å². The molecule has 0 aliphatic rings. The van der Waals surface area contributed by atoms with Crippen molar-refractivity contribution in [3.63, 3.8) is 0 Å². The average molecular weight is 321 g/mol. The van der Waals surface area contributed by atoms with E-state index < -0.39 is 12.0 Å². The molecule has 1 N–H and O–H groups in total. The first-order valence-corrected chi connectivity index (χ1v) is 6.76. The van der Waals surface area contributed by atoms with E-state index in [1.54, 1.807) is 24.3 Å². The van der Waals surface area contributed by atoms with Crippen LogP contribution in [0.5, 0.6) is 5.75 Å². The van der Waals surface area contributed by atoms with E-state index in [0.29, 0.717) is 24.1 Å². The maximum Gasteiger partial charge on any atom is 0.454 e. The Labute approximate surface area is 131 Å². The second-order valence-corrected chi connectivity index (χ2v) is 4.64. The van der Waals surface area contributed by atoms with Crippen LogP contribution in [0.4, 0.5) is 18.9 Å². The van der Waals surface area contributed by atoms with Crippen molar-refractivity contribution in [2.75, 3.05) is 5.32 Å². The van der Waals surface area contributed by atoms with Crippen LogP contribution < -0.4 is 10.1 Å². The first-order chi connectivity index (χ1) is 10.9. The second kappa shape index (κ2) is 7.49. The lowest BCUT2D eigenvalue weighted by molar-refractivity contribution is -0.165. The molecule has 0 spiro atoms. The number of halogens is 3. The number of ketones is 1. The Morgan fingerprint density at radius 2 is 1.70 bits per heavy atom. The van der Waals surface area contributed by atoms with Gasteiger partial charge in [-0.3, -0.25) is 4.79 Å². The standard InChI is InChI=1S/C17H14F3NO2/c18-17(19,20)16(22)10-11-21-14-6-8-15(9-7-14)23-12-13-4-2-1-3-5-13/h1-11,21H,12H2/b11-10+. The predicted molar refractivity (Wildman–Crippen MR) is 81.0 cm³/mol. The predicted octanol–water partition coefficient (Wildman–Crippen LogP) is 4.32. The van der Waals surface area contributed by atoms with E-state index in [4.69, 9.17) is 4.74 Å². The van der Waals surface area contributed by atoms with Crippen molar-refractivity contribution in [3.8, 4) is 5.75 Å². The number of ether oxygens (including phenoxy) is 1. The molecule has 3 nitrogen and oxygen atoms in total. The Hall–Kier alpha value is -2.76. The van der Waals surface area contributed by atoms with Gasteiger partial charge in [0, 0.05) is 18.0 Å². The number of carbonyl (C=O) groups excluding carboxylic acids is 1. The maximum atomic E-state index is 12.0. The smallest absolute Gasteiger partial charge is 0.454 e. The van der Waals surface area contributed by atoms with E-state index in [1.165, 1.54) is 0 Å². The quantitative estimate of drug-likeness (QED) is 0.805. The van der Waals surface area contributed by atoms with E-state index in [2.05, 4.69) is 5.32 Å². The molecule has 2 aromatic rings. The lowest BCUT2D eigenvalue weighted by Crippen LogP contribution is -2.20. The van der Waals surface area contributed by atoms with Crippen LogP contribution in [-0.4, -0.2) is 12.0 Å². The van der Waals surface area contributed by atoms with Crippen LogP contribution in [0.25, 0.3) is 0 Å². The summed E-state index contributed by atoms with van der Waals surface area (Å²) in [6.07, 6.45) is -3.46. The monoisotopic (exact) mass is 321 g/mol. The zero-order valence-corrected chi connectivity index (χ0v) is 12.0. The van der Waals surface area contributed by atoms with Crippen molar-refractivity contribution in [1.29, 1.82) is 0 Å². The van der Waals surface area contributed by atoms with Crippen molar-refractivity contribution in [3.05, 3.63) is 72.4 Å². The fourth-order valence-electron chi connectivity index (χ4n) is 1.70.